The lowest BCUT2D eigenvalue weighted by molar-refractivity contribution is -0.141. The smallest absolute Gasteiger partial charge is 0.306 e. The number of fused-ring (bicyclic) bond motifs is 1. The first kappa shape index (κ1) is 12.2. The molecule has 1 atom stereocenters. The number of carbonyl (C=O) groups excluding carboxylic acids is 1. The Morgan fingerprint density at radius 2 is 2.00 bits per heavy atom. The van der Waals surface area contributed by atoms with Crippen molar-refractivity contribution < 1.29 is 14.7 Å². The van der Waals surface area contributed by atoms with Gasteiger partial charge in [0.2, 0.25) is 0 Å². The third kappa shape index (κ3) is 2.37. The Hall–Kier alpha value is -2.23. The topological polar surface area (TPSA) is 67.3 Å². The Morgan fingerprint density at radius 1 is 1.28 bits per heavy atom. The standard InChI is InChI=1S/C14H13NO3/c1-9(14(17)18)6-13(16)12-8-15-7-10-4-2-3-5-11(10)12/h2-5,7-9H,6H2,1H3,(H,17,18). The zero-order valence-electron chi connectivity index (χ0n) is 9.96. The Kier molecular flexibility index (Phi) is 3.37. The van der Waals surface area contributed by atoms with E-state index in [-0.39, 0.29) is 12.2 Å². The molecule has 0 bridgehead atoms. The van der Waals surface area contributed by atoms with Crippen molar-refractivity contribution in [2.75, 3.05) is 0 Å². The number of pyridine rings is 1. The van der Waals surface area contributed by atoms with Crippen molar-refractivity contribution in [2.24, 2.45) is 5.92 Å². The monoisotopic (exact) mass is 243 g/mol. The number of ketones is 1. The molecular weight excluding hydrogens is 230 g/mol. The summed E-state index contributed by atoms with van der Waals surface area (Å²) >= 11 is 0. The highest BCUT2D eigenvalue weighted by Gasteiger charge is 2.18. The van der Waals surface area contributed by atoms with Crippen LogP contribution in [-0.4, -0.2) is 21.8 Å². The van der Waals surface area contributed by atoms with Gasteiger partial charge in [0.25, 0.3) is 0 Å². The lowest BCUT2D eigenvalue weighted by Gasteiger charge is -2.07. The van der Waals surface area contributed by atoms with Gasteiger partial charge >= 0.3 is 5.97 Å². The van der Waals surface area contributed by atoms with Crippen LogP contribution in [0.2, 0.25) is 0 Å². The number of hydrogen-bond donors (Lipinski definition) is 1. The van der Waals surface area contributed by atoms with Crippen molar-refractivity contribution in [1.29, 1.82) is 0 Å². The molecule has 1 N–H and O–H groups in total. The Balaban J connectivity index is 2.36. The van der Waals surface area contributed by atoms with Gasteiger partial charge < -0.3 is 5.11 Å². The van der Waals surface area contributed by atoms with E-state index in [9.17, 15) is 9.59 Å². The Labute approximate surface area is 104 Å². The molecule has 1 heterocycles. The summed E-state index contributed by atoms with van der Waals surface area (Å²) in [6.45, 7) is 1.53. The molecule has 1 aromatic carbocycles. The van der Waals surface area contributed by atoms with Crippen LogP contribution in [0.4, 0.5) is 0 Å². The summed E-state index contributed by atoms with van der Waals surface area (Å²) in [4.78, 5) is 26.8. The average Bonchev–Trinajstić information content (AvgIpc) is 2.37. The predicted octanol–water partition coefficient (Wildman–Crippen LogP) is 2.53. The van der Waals surface area contributed by atoms with Crippen LogP contribution < -0.4 is 0 Å². The molecule has 92 valence electrons. The van der Waals surface area contributed by atoms with Crippen molar-refractivity contribution >= 4 is 22.5 Å². The van der Waals surface area contributed by atoms with E-state index in [2.05, 4.69) is 4.98 Å². The van der Waals surface area contributed by atoms with E-state index in [4.69, 9.17) is 5.11 Å². The third-order valence-electron chi connectivity index (χ3n) is 2.88. The van der Waals surface area contributed by atoms with Crippen LogP contribution in [0.15, 0.2) is 36.7 Å². The molecule has 0 spiro atoms. The van der Waals surface area contributed by atoms with Crippen LogP contribution in [0.25, 0.3) is 10.8 Å². The maximum atomic E-state index is 12.1. The van der Waals surface area contributed by atoms with Crippen LogP contribution in [0.1, 0.15) is 23.7 Å². The van der Waals surface area contributed by atoms with E-state index >= 15 is 0 Å². The van der Waals surface area contributed by atoms with E-state index < -0.39 is 11.9 Å². The molecule has 0 saturated heterocycles. The van der Waals surface area contributed by atoms with Gasteiger partial charge in [-0.2, -0.15) is 0 Å². The molecule has 0 aliphatic rings. The highest BCUT2D eigenvalue weighted by Crippen LogP contribution is 2.19. The number of carboxylic acid groups (broad SMARTS) is 1. The number of nitrogens with zero attached hydrogens (tertiary/aromatic N) is 1. The van der Waals surface area contributed by atoms with Crippen LogP contribution >= 0.6 is 0 Å². The summed E-state index contributed by atoms with van der Waals surface area (Å²) in [6, 6.07) is 7.44. The van der Waals surface area contributed by atoms with E-state index in [1.807, 2.05) is 24.3 Å². The molecule has 0 amide bonds. The highest BCUT2D eigenvalue weighted by molar-refractivity contribution is 6.08. The van der Waals surface area contributed by atoms with E-state index in [1.54, 1.807) is 6.20 Å². The second-order valence-corrected chi connectivity index (χ2v) is 4.27. The van der Waals surface area contributed by atoms with Crippen LogP contribution in [0, 0.1) is 5.92 Å². The van der Waals surface area contributed by atoms with Gasteiger partial charge in [-0.25, -0.2) is 0 Å². The fraction of sp³-hybridized carbons (Fsp3) is 0.214. The summed E-state index contributed by atoms with van der Waals surface area (Å²) in [5.74, 6) is -1.83. The predicted molar refractivity (Wildman–Crippen MR) is 67.5 cm³/mol. The number of Topliss-reactive ketones (excluding diaryl/α,β-unsaturated/α-hetero) is 1. The van der Waals surface area contributed by atoms with Gasteiger partial charge in [0.05, 0.1) is 5.92 Å². The van der Waals surface area contributed by atoms with Gasteiger partial charge in [0.1, 0.15) is 0 Å². The molecule has 1 aromatic heterocycles. The van der Waals surface area contributed by atoms with Gasteiger partial charge in [-0.05, 0) is 5.39 Å². The highest BCUT2D eigenvalue weighted by atomic mass is 16.4. The minimum atomic E-state index is -0.962. The fourth-order valence-corrected chi connectivity index (χ4v) is 1.81. The van der Waals surface area contributed by atoms with Gasteiger partial charge in [-0.1, -0.05) is 31.2 Å². The van der Waals surface area contributed by atoms with E-state index in [0.29, 0.717) is 5.56 Å². The van der Waals surface area contributed by atoms with E-state index in [0.717, 1.165) is 10.8 Å². The first-order valence-electron chi connectivity index (χ1n) is 5.68. The van der Waals surface area contributed by atoms with E-state index in [1.165, 1.54) is 13.1 Å². The second kappa shape index (κ2) is 4.96. The fourth-order valence-electron chi connectivity index (χ4n) is 1.81. The Bertz CT molecular complexity index is 602. The maximum absolute atomic E-state index is 12.1. The summed E-state index contributed by atoms with van der Waals surface area (Å²) in [5.41, 5.74) is 0.487. The largest absolute Gasteiger partial charge is 0.481 e. The van der Waals surface area contributed by atoms with Crippen molar-refractivity contribution in [2.45, 2.75) is 13.3 Å². The molecule has 18 heavy (non-hydrogen) atoms. The number of aromatic nitrogens is 1. The number of aliphatic carboxylic acids is 1. The third-order valence-corrected chi connectivity index (χ3v) is 2.88. The van der Waals surface area contributed by atoms with Gasteiger partial charge in [-0.15, -0.1) is 0 Å². The SMILES string of the molecule is CC(CC(=O)c1cncc2ccccc12)C(=O)O. The maximum Gasteiger partial charge on any atom is 0.306 e. The van der Waals surface area contributed by atoms with Crippen LogP contribution in [0.3, 0.4) is 0 Å². The normalized spacial score (nSPS) is 12.3. The van der Waals surface area contributed by atoms with Crippen molar-refractivity contribution in [3.05, 3.63) is 42.2 Å². The molecule has 0 saturated carbocycles. The number of carbonyl (C=O) groups is 2. The summed E-state index contributed by atoms with van der Waals surface area (Å²) in [6.07, 6.45) is 3.18. The van der Waals surface area contributed by atoms with Gasteiger partial charge in [-0.3, -0.25) is 14.6 Å². The van der Waals surface area contributed by atoms with Crippen LogP contribution in [0.5, 0.6) is 0 Å². The minimum Gasteiger partial charge on any atom is -0.481 e. The number of carboxylic acids is 1. The van der Waals surface area contributed by atoms with Crippen molar-refractivity contribution in [3.8, 4) is 0 Å². The Morgan fingerprint density at radius 3 is 2.72 bits per heavy atom. The number of rotatable bonds is 4. The number of benzene rings is 1. The van der Waals surface area contributed by atoms with Crippen molar-refractivity contribution in [3.63, 3.8) is 0 Å². The molecule has 0 fully saturated rings. The van der Waals surface area contributed by atoms with Gasteiger partial charge in [0, 0.05) is 29.8 Å². The van der Waals surface area contributed by atoms with Gasteiger partial charge in [0.15, 0.2) is 5.78 Å². The van der Waals surface area contributed by atoms with Crippen LogP contribution in [-0.2, 0) is 4.79 Å². The second-order valence-electron chi connectivity index (χ2n) is 4.27. The molecule has 1 unspecified atom stereocenters. The van der Waals surface area contributed by atoms with Crippen molar-refractivity contribution in [1.82, 2.24) is 4.98 Å². The summed E-state index contributed by atoms with van der Waals surface area (Å²) in [7, 11) is 0. The first-order valence-corrected chi connectivity index (χ1v) is 5.68. The zero-order valence-corrected chi connectivity index (χ0v) is 9.96. The quantitative estimate of drug-likeness (QED) is 0.838. The zero-order chi connectivity index (χ0) is 13.1. The molecule has 4 heteroatoms. The molecule has 0 radical (unpaired) electrons. The molecule has 4 nitrogen and oxygen atoms in total. The molecule has 2 aromatic rings. The summed E-state index contributed by atoms with van der Waals surface area (Å²) in [5, 5.41) is 10.5. The molecule has 0 aliphatic heterocycles. The number of hydrogen-bond acceptors (Lipinski definition) is 3. The lowest BCUT2D eigenvalue weighted by atomic mass is 9.97. The molecule has 2 rings (SSSR count). The minimum absolute atomic E-state index is 0.00891. The lowest BCUT2D eigenvalue weighted by Crippen LogP contribution is -2.15. The molecule has 0 aliphatic carbocycles. The average molecular weight is 243 g/mol. The first-order chi connectivity index (χ1) is 8.59. The summed E-state index contributed by atoms with van der Waals surface area (Å²) < 4.78 is 0. The molecular formula is C14H13NO3.